The Kier molecular flexibility index (Phi) is 7.06. The number of carbonyl (C=O) groups is 2. The summed E-state index contributed by atoms with van der Waals surface area (Å²) in [4.78, 5) is 25.2. The molecule has 9 heteroatoms. The summed E-state index contributed by atoms with van der Waals surface area (Å²) in [5.41, 5.74) is 2.31. The Balaban J connectivity index is 1.34. The van der Waals surface area contributed by atoms with Crippen molar-refractivity contribution in [2.75, 3.05) is 18.7 Å². The van der Waals surface area contributed by atoms with Gasteiger partial charge in [-0.25, -0.2) is 4.79 Å². The van der Waals surface area contributed by atoms with E-state index in [2.05, 4.69) is 11.4 Å². The molecular formula is C30H19N3O6. The van der Waals surface area contributed by atoms with Gasteiger partial charge in [-0.15, -0.1) is 0 Å². The van der Waals surface area contributed by atoms with E-state index in [0.717, 1.165) is 5.56 Å². The molecule has 0 unspecified atom stereocenters. The molecule has 1 aliphatic heterocycles. The van der Waals surface area contributed by atoms with Crippen LogP contribution in [0.15, 0.2) is 88.9 Å². The molecule has 0 spiro atoms. The molecule has 0 aliphatic carbocycles. The Labute approximate surface area is 223 Å². The molecule has 1 aromatic heterocycles. The zero-order valence-electron chi connectivity index (χ0n) is 20.3. The number of furan rings is 1. The molecule has 0 bridgehead atoms. The van der Waals surface area contributed by atoms with Crippen LogP contribution in [0.5, 0.6) is 11.5 Å². The summed E-state index contributed by atoms with van der Waals surface area (Å²) in [6.45, 7) is -0.612. The predicted octanol–water partition coefficient (Wildman–Crippen LogP) is 5.30. The van der Waals surface area contributed by atoms with Gasteiger partial charge in [-0.2, -0.15) is 10.5 Å². The third-order valence-corrected chi connectivity index (χ3v) is 5.75. The number of ether oxygens (including phenoxy) is 3. The van der Waals surface area contributed by atoms with Crippen LogP contribution in [0, 0.1) is 22.7 Å². The van der Waals surface area contributed by atoms with Crippen LogP contribution in [-0.2, 0) is 14.3 Å². The SMILES string of the molecule is N#CC(=Cc1ccc2c(c1)OCO2)C(=O)OCC(=O)Nc1oc(-c2ccccc2)c(-c2ccccc2)c1C#N. The third kappa shape index (κ3) is 5.33. The van der Waals surface area contributed by atoms with Crippen molar-refractivity contribution in [2.24, 2.45) is 0 Å². The van der Waals surface area contributed by atoms with Gasteiger partial charge in [0.2, 0.25) is 12.7 Å². The predicted molar refractivity (Wildman–Crippen MR) is 140 cm³/mol. The highest BCUT2D eigenvalue weighted by Crippen LogP contribution is 2.41. The fourth-order valence-electron chi connectivity index (χ4n) is 3.98. The topological polar surface area (TPSA) is 135 Å². The van der Waals surface area contributed by atoms with Gasteiger partial charge in [0.05, 0.1) is 0 Å². The highest BCUT2D eigenvalue weighted by Gasteiger charge is 2.25. The number of benzene rings is 3. The molecule has 4 aromatic rings. The second-order valence-corrected chi connectivity index (χ2v) is 8.26. The number of esters is 1. The van der Waals surface area contributed by atoms with Crippen molar-refractivity contribution in [3.05, 3.63) is 95.6 Å². The quantitative estimate of drug-likeness (QED) is 0.198. The van der Waals surface area contributed by atoms with E-state index in [1.54, 1.807) is 24.3 Å². The Morgan fingerprint density at radius 1 is 0.923 bits per heavy atom. The van der Waals surface area contributed by atoms with Gasteiger partial charge in [-0.1, -0.05) is 66.7 Å². The summed E-state index contributed by atoms with van der Waals surface area (Å²) in [5.74, 6) is -0.346. The summed E-state index contributed by atoms with van der Waals surface area (Å²) in [7, 11) is 0. The Hall–Kier alpha value is -5.80. The minimum absolute atomic E-state index is 0.0762. The van der Waals surface area contributed by atoms with Crippen LogP contribution in [0.2, 0.25) is 0 Å². The van der Waals surface area contributed by atoms with Crippen LogP contribution >= 0.6 is 0 Å². The first-order chi connectivity index (χ1) is 19.1. The molecule has 0 saturated carbocycles. The van der Waals surface area contributed by atoms with E-state index in [1.807, 2.05) is 60.7 Å². The number of hydrogen-bond donors (Lipinski definition) is 1. The van der Waals surface area contributed by atoms with Crippen molar-refractivity contribution >= 4 is 23.8 Å². The fraction of sp³-hybridized carbons (Fsp3) is 0.0667. The number of nitrogens with one attached hydrogen (secondary N) is 1. The van der Waals surface area contributed by atoms with Crippen molar-refractivity contribution in [1.29, 1.82) is 10.5 Å². The average Bonchev–Trinajstić information content (AvgIpc) is 3.59. The Morgan fingerprint density at radius 3 is 2.31 bits per heavy atom. The summed E-state index contributed by atoms with van der Waals surface area (Å²) < 4.78 is 21.6. The number of nitrogens with zero attached hydrogens (tertiary/aromatic N) is 2. The van der Waals surface area contributed by atoms with Gasteiger partial charge in [0.15, 0.2) is 18.1 Å². The Bertz CT molecular complexity index is 1660. The van der Waals surface area contributed by atoms with Gasteiger partial charge in [0.1, 0.15) is 29.0 Å². The molecule has 1 amide bonds. The standard InChI is InChI=1S/C30H19N3O6/c31-15-22(13-19-11-12-24-25(14-19)38-18-37-24)30(35)36-17-26(34)33-29-23(16-32)27(20-7-3-1-4-8-20)28(39-29)21-9-5-2-6-10-21/h1-14H,17-18H2,(H,33,34). The average molecular weight is 517 g/mol. The maximum atomic E-state index is 12.7. The van der Waals surface area contributed by atoms with Crippen molar-refractivity contribution < 1.29 is 28.2 Å². The lowest BCUT2D eigenvalue weighted by Crippen LogP contribution is -2.21. The number of fused-ring (bicyclic) bond motifs is 1. The van der Waals surface area contributed by atoms with E-state index in [1.165, 1.54) is 6.08 Å². The smallest absolute Gasteiger partial charge is 0.349 e. The number of amides is 1. The monoisotopic (exact) mass is 517 g/mol. The summed E-state index contributed by atoms with van der Waals surface area (Å²) in [5, 5.41) is 21.9. The van der Waals surface area contributed by atoms with Crippen LogP contribution in [0.1, 0.15) is 11.1 Å². The molecule has 2 heterocycles. The van der Waals surface area contributed by atoms with E-state index in [9.17, 15) is 20.1 Å². The van der Waals surface area contributed by atoms with Crippen LogP contribution in [0.4, 0.5) is 5.88 Å². The lowest BCUT2D eigenvalue weighted by molar-refractivity contribution is -0.142. The summed E-state index contributed by atoms with van der Waals surface area (Å²) in [6, 6.07) is 27.2. The minimum Gasteiger partial charge on any atom is -0.454 e. The van der Waals surface area contributed by atoms with Crippen molar-refractivity contribution in [1.82, 2.24) is 0 Å². The highest BCUT2D eigenvalue weighted by molar-refractivity contribution is 6.01. The third-order valence-electron chi connectivity index (χ3n) is 5.75. The van der Waals surface area contributed by atoms with Crippen LogP contribution in [0.3, 0.4) is 0 Å². The lowest BCUT2D eigenvalue weighted by atomic mass is 9.98. The first-order valence-corrected chi connectivity index (χ1v) is 11.7. The second-order valence-electron chi connectivity index (χ2n) is 8.26. The number of hydrogen-bond acceptors (Lipinski definition) is 8. The van der Waals surface area contributed by atoms with Gasteiger partial charge in [0, 0.05) is 11.1 Å². The van der Waals surface area contributed by atoms with Crippen molar-refractivity contribution in [3.63, 3.8) is 0 Å². The molecule has 39 heavy (non-hydrogen) atoms. The Morgan fingerprint density at radius 2 is 1.62 bits per heavy atom. The highest BCUT2D eigenvalue weighted by atomic mass is 16.7. The molecule has 0 radical (unpaired) electrons. The normalized spacial score (nSPS) is 11.8. The molecule has 1 aliphatic rings. The van der Waals surface area contributed by atoms with Crippen LogP contribution in [0.25, 0.3) is 28.5 Å². The van der Waals surface area contributed by atoms with Gasteiger partial charge in [-0.3, -0.25) is 10.1 Å². The van der Waals surface area contributed by atoms with E-state index >= 15 is 0 Å². The molecule has 1 N–H and O–H groups in total. The van der Waals surface area contributed by atoms with Crippen molar-refractivity contribution in [3.8, 4) is 46.1 Å². The zero-order chi connectivity index (χ0) is 27.2. The maximum Gasteiger partial charge on any atom is 0.349 e. The molecule has 9 nitrogen and oxygen atoms in total. The van der Waals surface area contributed by atoms with Crippen LogP contribution < -0.4 is 14.8 Å². The lowest BCUT2D eigenvalue weighted by Gasteiger charge is -2.05. The number of anilines is 1. The first kappa shape index (κ1) is 24.9. The molecule has 5 rings (SSSR count). The van der Waals surface area contributed by atoms with Gasteiger partial charge in [0.25, 0.3) is 5.91 Å². The van der Waals surface area contributed by atoms with E-state index < -0.39 is 18.5 Å². The number of carbonyl (C=O) groups excluding carboxylic acids is 2. The molecule has 0 atom stereocenters. The van der Waals surface area contributed by atoms with E-state index in [-0.39, 0.29) is 23.8 Å². The maximum absolute atomic E-state index is 12.7. The van der Waals surface area contributed by atoms with E-state index in [4.69, 9.17) is 18.6 Å². The minimum atomic E-state index is -0.986. The van der Waals surface area contributed by atoms with Crippen molar-refractivity contribution in [2.45, 2.75) is 0 Å². The van der Waals surface area contributed by atoms with Gasteiger partial charge in [-0.05, 0) is 29.3 Å². The van der Waals surface area contributed by atoms with Crippen LogP contribution in [-0.4, -0.2) is 25.3 Å². The first-order valence-electron chi connectivity index (χ1n) is 11.7. The summed E-state index contributed by atoms with van der Waals surface area (Å²) in [6.07, 6.45) is 1.32. The van der Waals surface area contributed by atoms with E-state index in [0.29, 0.717) is 33.9 Å². The number of nitriles is 2. The summed E-state index contributed by atoms with van der Waals surface area (Å²) >= 11 is 0. The molecule has 3 aromatic carbocycles. The molecular weight excluding hydrogens is 498 g/mol. The fourth-order valence-corrected chi connectivity index (χ4v) is 3.98. The van der Waals surface area contributed by atoms with Gasteiger partial charge >= 0.3 is 5.97 Å². The molecule has 0 fully saturated rings. The molecule has 0 saturated heterocycles. The second kappa shape index (κ2) is 11.1. The van der Waals surface area contributed by atoms with Gasteiger partial charge < -0.3 is 18.6 Å². The zero-order valence-corrected chi connectivity index (χ0v) is 20.3. The number of rotatable bonds is 7. The molecule has 190 valence electrons. The largest absolute Gasteiger partial charge is 0.454 e.